The Morgan fingerprint density at radius 3 is 2.22 bits per heavy atom. The van der Waals surface area contributed by atoms with Gasteiger partial charge in [0, 0.05) is 6.42 Å². The van der Waals surface area contributed by atoms with Gasteiger partial charge in [-0.3, -0.25) is 0 Å². The van der Waals surface area contributed by atoms with E-state index in [0.717, 1.165) is 6.42 Å². The van der Waals surface area contributed by atoms with Crippen LogP contribution in [0.4, 0.5) is 0 Å². The smallest absolute Gasteiger partial charge is 0.119 e. The molecule has 0 amide bonds. The van der Waals surface area contributed by atoms with Crippen molar-refractivity contribution in [1.82, 2.24) is 0 Å². The molecule has 0 radical (unpaired) electrons. The molecule has 0 spiro atoms. The zero-order valence-corrected chi connectivity index (χ0v) is 6.46. The van der Waals surface area contributed by atoms with E-state index in [1.807, 2.05) is 13.0 Å². The molecule has 0 aromatic carbocycles. The van der Waals surface area contributed by atoms with Crippen molar-refractivity contribution in [3.8, 4) is 0 Å². The number of nitrogens with zero attached hydrogens (tertiary/aromatic N) is 1. The lowest BCUT2D eigenvalue weighted by atomic mass is 10.2. The highest BCUT2D eigenvalue weighted by atomic mass is 16.5. The highest BCUT2D eigenvalue weighted by molar-refractivity contribution is 4.69. The Bertz CT molecular complexity index is 93.6. The van der Waals surface area contributed by atoms with E-state index in [-0.39, 0.29) is 10.7 Å². The molecule has 0 bridgehead atoms. The van der Waals surface area contributed by atoms with Gasteiger partial charge in [-0.15, -0.1) is 6.58 Å². The summed E-state index contributed by atoms with van der Waals surface area (Å²) < 4.78 is 0.0199. The average molecular weight is 130 g/mol. The van der Waals surface area contributed by atoms with E-state index in [4.69, 9.17) is 0 Å². The minimum absolute atomic E-state index is 0.0199. The Kier molecular flexibility index (Phi) is 2.88. The van der Waals surface area contributed by atoms with Gasteiger partial charge in [-0.25, -0.2) is 5.21 Å². The molecule has 9 heavy (non-hydrogen) atoms. The van der Waals surface area contributed by atoms with E-state index in [9.17, 15) is 5.21 Å². The predicted octanol–water partition coefficient (Wildman–Crippen LogP) is 1.42. The molecular formula is C7H16NO+. The van der Waals surface area contributed by atoms with Crippen LogP contribution in [0.5, 0.6) is 0 Å². The van der Waals surface area contributed by atoms with Crippen molar-refractivity contribution in [2.75, 3.05) is 14.1 Å². The van der Waals surface area contributed by atoms with Crippen LogP contribution >= 0.6 is 0 Å². The van der Waals surface area contributed by atoms with E-state index in [1.54, 1.807) is 14.1 Å². The molecule has 0 saturated heterocycles. The Labute approximate surface area is 57.0 Å². The Balaban J connectivity index is 3.72. The maximum absolute atomic E-state index is 9.31. The first-order valence-electron chi connectivity index (χ1n) is 3.15. The fourth-order valence-corrected chi connectivity index (χ4v) is 0.499. The summed E-state index contributed by atoms with van der Waals surface area (Å²) in [7, 11) is 3.52. The van der Waals surface area contributed by atoms with Crippen LogP contribution in [0, 0.1) is 0 Å². The van der Waals surface area contributed by atoms with Crippen LogP contribution in [0.3, 0.4) is 0 Å². The van der Waals surface area contributed by atoms with Crippen LogP contribution in [0.2, 0.25) is 0 Å². The van der Waals surface area contributed by atoms with Crippen molar-refractivity contribution >= 4 is 0 Å². The monoisotopic (exact) mass is 130 g/mol. The molecule has 0 rings (SSSR count). The second-order valence-corrected chi connectivity index (χ2v) is 2.85. The summed E-state index contributed by atoms with van der Waals surface area (Å²) in [5, 5.41) is 9.31. The molecule has 0 heterocycles. The summed E-state index contributed by atoms with van der Waals surface area (Å²) in [5.74, 6) is 0. The van der Waals surface area contributed by atoms with Crippen LogP contribution in [-0.2, 0) is 0 Å². The van der Waals surface area contributed by atoms with E-state index < -0.39 is 0 Å². The molecule has 1 atom stereocenters. The van der Waals surface area contributed by atoms with Crippen LogP contribution in [-0.4, -0.2) is 30.0 Å². The lowest BCUT2D eigenvalue weighted by Crippen LogP contribution is -2.43. The first kappa shape index (κ1) is 8.66. The molecule has 1 unspecified atom stereocenters. The van der Waals surface area contributed by atoms with Gasteiger partial charge in [0.15, 0.2) is 0 Å². The minimum Gasteiger partial charge on any atom is -0.217 e. The van der Waals surface area contributed by atoms with Crippen LogP contribution in [0.25, 0.3) is 0 Å². The molecule has 2 heteroatoms. The van der Waals surface area contributed by atoms with E-state index in [2.05, 4.69) is 6.58 Å². The lowest BCUT2D eigenvalue weighted by molar-refractivity contribution is -1.09. The second-order valence-electron chi connectivity index (χ2n) is 2.85. The van der Waals surface area contributed by atoms with E-state index in [0.29, 0.717) is 0 Å². The number of hydrogen-bond acceptors (Lipinski definition) is 1. The summed E-state index contributed by atoms with van der Waals surface area (Å²) in [6, 6.07) is 0.238. The van der Waals surface area contributed by atoms with Gasteiger partial charge in [0.25, 0.3) is 0 Å². The van der Waals surface area contributed by atoms with Crippen molar-refractivity contribution in [1.29, 1.82) is 0 Å². The standard InChI is InChI=1S/C7H16NO/c1-5-6-7(2)8(3,4)9/h5,7,9H,1,6H2,2-4H3/q+1. The third kappa shape index (κ3) is 3.27. The summed E-state index contributed by atoms with van der Waals surface area (Å²) in [4.78, 5) is 0. The Hall–Kier alpha value is -0.340. The molecule has 54 valence electrons. The zero-order valence-electron chi connectivity index (χ0n) is 6.46. The average Bonchev–Trinajstić information content (AvgIpc) is 1.64. The van der Waals surface area contributed by atoms with Gasteiger partial charge in [-0.2, -0.15) is 4.65 Å². The highest BCUT2D eigenvalue weighted by Crippen LogP contribution is 2.05. The third-order valence-electron chi connectivity index (χ3n) is 1.59. The number of quaternary nitrogens is 1. The van der Waals surface area contributed by atoms with E-state index >= 15 is 0 Å². The van der Waals surface area contributed by atoms with Gasteiger partial charge in [-0.1, -0.05) is 6.08 Å². The minimum atomic E-state index is 0.0199. The predicted molar refractivity (Wildman–Crippen MR) is 38.2 cm³/mol. The number of hydroxylamine groups is 3. The van der Waals surface area contributed by atoms with E-state index in [1.165, 1.54) is 0 Å². The SMILES string of the molecule is C=CCC(C)[N+](C)(C)O. The highest BCUT2D eigenvalue weighted by Gasteiger charge is 2.19. The van der Waals surface area contributed by atoms with Crippen LogP contribution in [0.15, 0.2) is 12.7 Å². The molecular weight excluding hydrogens is 114 g/mol. The van der Waals surface area contributed by atoms with Crippen molar-refractivity contribution < 1.29 is 9.85 Å². The van der Waals surface area contributed by atoms with Gasteiger partial charge in [0.1, 0.15) is 6.04 Å². The van der Waals surface area contributed by atoms with Crippen molar-refractivity contribution in [3.05, 3.63) is 12.7 Å². The molecule has 0 aliphatic heterocycles. The van der Waals surface area contributed by atoms with Crippen LogP contribution < -0.4 is 0 Å². The topological polar surface area (TPSA) is 20.2 Å². The largest absolute Gasteiger partial charge is 0.217 e. The van der Waals surface area contributed by atoms with Crippen LogP contribution in [0.1, 0.15) is 13.3 Å². The molecule has 0 aliphatic carbocycles. The molecule has 0 aromatic heterocycles. The van der Waals surface area contributed by atoms with Gasteiger partial charge in [0.05, 0.1) is 14.1 Å². The quantitative estimate of drug-likeness (QED) is 0.348. The Morgan fingerprint density at radius 1 is 1.67 bits per heavy atom. The fraction of sp³-hybridized carbons (Fsp3) is 0.714. The van der Waals surface area contributed by atoms with Gasteiger partial charge >= 0.3 is 0 Å². The fourth-order valence-electron chi connectivity index (χ4n) is 0.499. The summed E-state index contributed by atoms with van der Waals surface area (Å²) in [5.41, 5.74) is 0. The van der Waals surface area contributed by atoms with Gasteiger partial charge < -0.3 is 0 Å². The first-order chi connectivity index (χ1) is 3.98. The maximum atomic E-state index is 9.31. The third-order valence-corrected chi connectivity index (χ3v) is 1.59. The molecule has 1 N–H and O–H groups in total. The maximum Gasteiger partial charge on any atom is 0.119 e. The molecule has 0 saturated carbocycles. The van der Waals surface area contributed by atoms with Crippen molar-refractivity contribution in [3.63, 3.8) is 0 Å². The zero-order chi connectivity index (χ0) is 7.49. The number of hydrogen-bond donors (Lipinski definition) is 1. The van der Waals surface area contributed by atoms with Gasteiger partial charge in [0.2, 0.25) is 0 Å². The van der Waals surface area contributed by atoms with Crippen molar-refractivity contribution in [2.45, 2.75) is 19.4 Å². The van der Waals surface area contributed by atoms with Crippen molar-refractivity contribution in [2.24, 2.45) is 0 Å². The number of rotatable bonds is 3. The molecule has 2 nitrogen and oxygen atoms in total. The summed E-state index contributed by atoms with van der Waals surface area (Å²) in [6.07, 6.45) is 2.67. The van der Waals surface area contributed by atoms with Gasteiger partial charge in [-0.05, 0) is 6.92 Å². The Morgan fingerprint density at radius 2 is 2.11 bits per heavy atom. The lowest BCUT2D eigenvalue weighted by Gasteiger charge is -2.26. The molecule has 0 fully saturated rings. The normalized spacial score (nSPS) is 15.1. The summed E-state index contributed by atoms with van der Waals surface area (Å²) in [6.45, 7) is 5.58. The first-order valence-corrected chi connectivity index (χ1v) is 3.15. The molecule has 0 aromatic rings. The molecule has 0 aliphatic rings. The second kappa shape index (κ2) is 2.99. The summed E-state index contributed by atoms with van der Waals surface area (Å²) >= 11 is 0.